The highest BCUT2D eigenvalue weighted by molar-refractivity contribution is 5.40. The molecule has 1 atom stereocenters. The lowest BCUT2D eigenvalue weighted by Gasteiger charge is -2.11. The Labute approximate surface area is 115 Å². The van der Waals surface area contributed by atoms with Gasteiger partial charge in [-0.25, -0.2) is 0 Å². The summed E-state index contributed by atoms with van der Waals surface area (Å²) < 4.78 is 0. The standard InChI is InChI=1S/C14H12N6/c15-19-17-13-8-6-12(7-9-13)14(18-20-16)10-11-4-2-1-3-5-11/h1-9,14H,10H2. The average molecular weight is 264 g/mol. The smallest absolute Gasteiger partial charge is 0.0665 e. The van der Waals surface area contributed by atoms with Crippen LogP contribution in [-0.4, -0.2) is 0 Å². The van der Waals surface area contributed by atoms with Crippen LogP contribution in [0.25, 0.3) is 20.9 Å². The van der Waals surface area contributed by atoms with Crippen LogP contribution in [-0.2, 0) is 6.42 Å². The Kier molecular flexibility index (Phi) is 4.62. The molecule has 0 saturated heterocycles. The molecule has 0 N–H and O–H groups in total. The summed E-state index contributed by atoms with van der Waals surface area (Å²) in [5, 5.41) is 7.36. The second kappa shape index (κ2) is 6.85. The van der Waals surface area contributed by atoms with Crippen LogP contribution in [0.3, 0.4) is 0 Å². The predicted molar refractivity (Wildman–Crippen MR) is 77.3 cm³/mol. The fourth-order valence-corrected chi connectivity index (χ4v) is 1.94. The molecule has 0 spiro atoms. The molecule has 6 heteroatoms. The van der Waals surface area contributed by atoms with Crippen molar-refractivity contribution >= 4 is 5.69 Å². The summed E-state index contributed by atoms with van der Waals surface area (Å²) in [7, 11) is 0. The Balaban J connectivity index is 2.24. The highest BCUT2D eigenvalue weighted by atomic mass is 15.1. The second-order valence-corrected chi connectivity index (χ2v) is 4.19. The topological polar surface area (TPSA) is 97.5 Å². The van der Waals surface area contributed by atoms with E-state index in [0.717, 1.165) is 11.1 Å². The molecule has 0 fully saturated rings. The second-order valence-electron chi connectivity index (χ2n) is 4.19. The third kappa shape index (κ3) is 3.53. The van der Waals surface area contributed by atoms with Gasteiger partial charge in [0, 0.05) is 15.5 Å². The minimum absolute atomic E-state index is 0.275. The summed E-state index contributed by atoms with van der Waals surface area (Å²) in [4.78, 5) is 5.64. The van der Waals surface area contributed by atoms with E-state index in [9.17, 15) is 0 Å². The van der Waals surface area contributed by atoms with Gasteiger partial charge in [-0.3, -0.25) is 0 Å². The molecule has 0 aliphatic rings. The number of rotatable bonds is 5. The molecule has 0 aromatic heterocycles. The van der Waals surface area contributed by atoms with Crippen LogP contribution >= 0.6 is 0 Å². The molecular formula is C14H12N6. The number of benzene rings is 2. The third-order valence-electron chi connectivity index (χ3n) is 2.90. The summed E-state index contributed by atoms with van der Waals surface area (Å²) in [5.41, 5.74) is 19.6. The number of hydrogen-bond donors (Lipinski definition) is 0. The number of azide groups is 2. The van der Waals surface area contributed by atoms with Crippen LogP contribution in [0, 0.1) is 0 Å². The number of hydrogen-bond acceptors (Lipinski definition) is 2. The Morgan fingerprint density at radius 1 is 0.900 bits per heavy atom. The van der Waals surface area contributed by atoms with Gasteiger partial charge in [-0.15, -0.1) is 0 Å². The monoisotopic (exact) mass is 264 g/mol. The highest BCUT2D eigenvalue weighted by Crippen LogP contribution is 2.25. The van der Waals surface area contributed by atoms with Crippen LogP contribution < -0.4 is 0 Å². The van der Waals surface area contributed by atoms with Gasteiger partial charge in [0.15, 0.2) is 0 Å². The highest BCUT2D eigenvalue weighted by Gasteiger charge is 2.10. The first-order valence-corrected chi connectivity index (χ1v) is 6.06. The molecule has 2 rings (SSSR count). The molecule has 1 unspecified atom stereocenters. The van der Waals surface area contributed by atoms with Crippen LogP contribution in [0.1, 0.15) is 17.2 Å². The van der Waals surface area contributed by atoms with E-state index >= 15 is 0 Å². The molecule has 0 heterocycles. The van der Waals surface area contributed by atoms with Crippen molar-refractivity contribution in [3.05, 3.63) is 86.6 Å². The molecule has 0 radical (unpaired) electrons. The summed E-state index contributed by atoms with van der Waals surface area (Å²) in [6.45, 7) is 0. The fraction of sp³-hybridized carbons (Fsp3) is 0.143. The molecule has 2 aromatic rings. The van der Waals surface area contributed by atoms with Crippen molar-refractivity contribution in [1.82, 2.24) is 0 Å². The first kappa shape index (κ1) is 13.5. The molecule has 6 nitrogen and oxygen atoms in total. The molecule has 0 saturated carbocycles. The zero-order valence-corrected chi connectivity index (χ0v) is 10.7. The molecule has 0 amide bonds. The van der Waals surface area contributed by atoms with Gasteiger partial charge >= 0.3 is 0 Å². The Bertz CT molecular complexity index is 652. The van der Waals surface area contributed by atoms with Crippen molar-refractivity contribution in [3.8, 4) is 0 Å². The minimum Gasteiger partial charge on any atom is -0.0856 e. The van der Waals surface area contributed by atoms with E-state index in [4.69, 9.17) is 11.1 Å². The quantitative estimate of drug-likeness (QED) is 0.401. The summed E-state index contributed by atoms with van der Waals surface area (Å²) in [6, 6.07) is 16.6. The molecule has 0 bridgehead atoms. The molecule has 98 valence electrons. The lowest BCUT2D eigenvalue weighted by Crippen LogP contribution is -1.99. The SMILES string of the molecule is [N-]=[N+]=Nc1ccc(C(Cc2ccccc2)N=[N+]=[N-])cc1. The largest absolute Gasteiger partial charge is 0.0856 e. The molecule has 20 heavy (non-hydrogen) atoms. The van der Waals surface area contributed by atoms with E-state index in [-0.39, 0.29) is 6.04 Å². The molecule has 2 aromatic carbocycles. The molecular weight excluding hydrogens is 252 g/mol. The van der Waals surface area contributed by atoms with Gasteiger partial charge in [-0.05, 0) is 28.6 Å². The van der Waals surface area contributed by atoms with E-state index in [1.54, 1.807) is 12.1 Å². The van der Waals surface area contributed by atoms with Gasteiger partial charge in [0.1, 0.15) is 0 Å². The third-order valence-corrected chi connectivity index (χ3v) is 2.90. The lowest BCUT2D eigenvalue weighted by molar-refractivity contribution is 0.715. The zero-order chi connectivity index (χ0) is 14.2. The van der Waals surface area contributed by atoms with Crippen molar-refractivity contribution in [2.24, 2.45) is 10.2 Å². The van der Waals surface area contributed by atoms with Gasteiger partial charge in [-0.1, -0.05) is 64.8 Å². The summed E-state index contributed by atoms with van der Waals surface area (Å²) in [5.74, 6) is 0. The Morgan fingerprint density at radius 2 is 1.60 bits per heavy atom. The lowest BCUT2D eigenvalue weighted by atomic mass is 9.99. The van der Waals surface area contributed by atoms with Crippen molar-refractivity contribution in [3.63, 3.8) is 0 Å². The van der Waals surface area contributed by atoms with Gasteiger partial charge in [0.05, 0.1) is 6.04 Å². The van der Waals surface area contributed by atoms with Gasteiger partial charge < -0.3 is 0 Å². The first-order valence-electron chi connectivity index (χ1n) is 6.06. The van der Waals surface area contributed by atoms with E-state index in [1.165, 1.54) is 0 Å². The maximum absolute atomic E-state index is 8.71. The van der Waals surface area contributed by atoms with Crippen LogP contribution in [0.4, 0.5) is 5.69 Å². The van der Waals surface area contributed by atoms with Crippen LogP contribution in [0.5, 0.6) is 0 Å². The fourth-order valence-electron chi connectivity index (χ4n) is 1.94. The van der Waals surface area contributed by atoms with E-state index in [1.807, 2.05) is 42.5 Å². The maximum atomic E-state index is 8.71. The summed E-state index contributed by atoms with van der Waals surface area (Å²) in [6.07, 6.45) is 0.631. The van der Waals surface area contributed by atoms with Gasteiger partial charge in [0.2, 0.25) is 0 Å². The normalized spacial score (nSPS) is 11.0. The Hall–Kier alpha value is -2.94. The minimum atomic E-state index is -0.275. The van der Waals surface area contributed by atoms with E-state index < -0.39 is 0 Å². The maximum Gasteiger partial charge on any atom is 0.0665 e. The molecule has 0 aliphatic carbocycles. The van der Waals surface area contributed by atoms with E-state index in [0.29, 0.717) is 12.1 Å². The van der Waals surface area contributed by atoms with Gasteiger partial charge in [0.25, 0.3) is 0 Å². The Morgan fingerprint density at radius 3 is 2.20 bits per heavy atom. The van der Waals surface area contributed by atoms with Crippen LogP contribution in [0.15, 0.2) is 64.8 Å². The van der Waals surface area contributed by atoms with E-state index in [2.05, 4.69) is 20.1 Å². The first-order chi connectivity index (χ1) is 9.83. The average Bonchev–Trinajstić information content (AvgIpc) is 2.49. The predicted octanol–water partition coefficient (Wildman–Crippen LogP) is 5.22. The van der Waals surface area contributed by atoms with Crippen molar-refractivity contribution in [1.29, 1.82) is 0 Å². The zero-order valence-electron chi connectivity index (χ0n) is 10.7. The van der Waals surface area contributed by atoms with Gasteiger partial charge in [-0.2, -0.15) is 0 Å². The number of nitrogens with zero attached hydrogens (tertiary/aromatic N) is 6. The van der Waals surface area contributed by atoms with Crippen molar-refractivity contribution < 1.29 is 0 Å². The summed E-state index contributed by atoms with van der Waals surface area (Å²) >= 11 is 0. The van der Waals surface area contributed by atoms with Crippen LogP contribution in [0.2, 0.25) is 0 Å². The van der Waals surface area contributed by atoms with Crippen molar-refractivity contribution in [2.45, 2.75) is 12.5 Å². The molecule has 0 aliphatic heterocycles. The van der Waals surface area contributed by atoms with Crippen molar-refractivity contribution in [2.75, 3.05) is 0 Å².